The lowest BCUT2D eigenvalue weighted by atomic mass is 10.4. The molecule has 0 aromatic rings. The van der Waals surface area contributed by atoms with Crippen LogP contribution < -0.4 is 4.72 Å². The van der Waals surface area contributed by atoms with Crippen LogP contribution in [0, 0.1) is 0 Å². The lowest BCUT2D eigenvalue weighted by molar-refractivity contribution is -0.0439. The Morgan fingerprint density at radius 2 is 1.87 bits per heavy atom. The van der Waals surface area contributed by atoms with Crippen LogP contribution in [0.1, 0.15) is 12.8 Å². The molecule has 1 fully saturated rings. The fourth-order valence-electron chi connectivity index (χ4n) is 1.27. The van der Waals surface area contributed by atoms with Crippen LogP contribution in [0.3, 0.4) is 0 Å². The Morgan fingerprint density at radius 1 is 1.33 bits per heavy atom. The molecule has 5 nitrogen and oxygen atoms in total. The number of hydrogen-bond donors (Lipinski definition) is 2. The maximum Gasteiger partial charge on any atom is 0.283 e. The van der Waals surface area contributed by atoms with Gasteiger partial charge in [0.15, 0.2) is 0 Å². The van der Waals surface area contributed by atoms with Gasteiger partial charge in [0.1, 0.15) is 6.61 Å². The summed E-state index contributed by atoms with van der Waals surface area (Å²) in [5, 5.41) is 8.26. The highest BCUT2D eigenvalue weighted by Gasteiger charge is 2.32. The molecule has 0 bridgehead atoms. The fourth-order valence-corrected chi connectivity index (χ4v) is 2.59. The van der Waals surface area contributed by atoms with Crippen molar-refractivity contribution in [1.82, 2.24) is 9.03 Å². The molecule has 0 aliphatic carbocycles. The zero-order valence-corrected chi connectivity index (χ0v) is 8.93. The van der Waals surface area contributed by atoms with E-state index in [1.54, 1.807) is 4.72 Å². The molecular formula is C7H14F2N2O3S. The average Bonchev–Trinajstić information content (AvgIpc) is 2.69. The normalized spacial score (nSPS) is 19.7. The van der Waals surface area contributed by atoms with Gasteiger partial charge in [-0.05, 0) is 12.8 Å². The number of aliphatic hydroxyl groups excluding tert-OH is 1. The largest absolute Gasteiger partial charge is 0.390 e. The summed E-state index contributed by atoms with van der Waals surface area (Å²) in [6.07, 6.45) is 1.49. The molecule has 0 radical (unpaired) electrons. The standard InChI is InChI=1S/C7H14F2N2O3S/c8-7(9,6-12)5-10-15(13,14)11-3-1-2-4-11/h10,12H,1-6H2. The van der Waals surface area contributed by atoms with Crippen molar-refractivity contribution in [2.45, 2.75) is 18.8 Å². The maximum atomic E-state index is 12.6. The lowest BCUT2D eigenvalue weighted by Gasteiger charge is -2.19. The van der Waals surface area contributed by atoms with Crippen molar-refractivity contribution >= 4 is 10.2 Å². The Morgan fingerprint density at radius 3 is 2.33 bits per heavy atom. The number of halogens is 2. The first-order valence-corrected chi connectivity index (χ1v) is 6.05. The third kappa shape index (κ3) is 3.63. The molecule has 0 spiro atoms. The van der Waals surface area contributed by atoms with Crippen LogP contribution in [0.25, 0.3) is 0 Å². The van der Waals surface area contributed by atoms with E-state index in [1.165, 1.54) is 0 Å². The SMILES string of the molecule is O=S(=O)(NCC(F)(F)CO)N1CCCC1. The molecule has 0 amide bonds. The van der Waals surface area contributed by atoms with Crippen LogP contribution in [-0.2, 0) is 10.2 Å². The molecule has 1 heterocycles. The van der Waals surface area contributed by atoms with Gasteiger partial charge in [-0.15, -0.1) is 0 Å². The zero-order chi connectivity index (χ0) is 11.5. The van der Waals surface area contributed by atoms with Crippen LogP contribution in [0.4, 0.5) is 8.78 Å². The van der Waals surface area contributed by atoms with Gasteiger partial charge in [-0.3, -0.25) is 0 Å². The van der Waals surface area contributed by atoms with E-state index in [0.717, 1.165) is 17.1 Å². The van der Waals surface area contributed by atoms with E-state index in [0.29, 0.717) is 13.1 Å². The van der Waals surface area contributed by atoms with Gasteiger partial charge in [-0.25, -0.2) is 8.78 Å². The summed E-state index contributed by atoms with van der Waals surface area (Å²) in [7, 11) is -3.81. The second-order valence-corrected chi connectivity index (χ2v) is 5.20. The summed E-state index contributed by atoms with van der Waals surface area (Å²) in [5.74, 6) is -3.41. The molecule has 0 atom stereocenters. The number of aliphatic hydroxyl groups is 1. The Hall–Kier alpha value is -0.310. The summed E-state index contributed by atoms with van der Waals surface area (Å²) in [6.45, 7) is -1.71. The van der Waals surface area contributed by atoms with Gasteiger partial charge >= 0.3 is 0 Å². The molecule has 0 saturated carbocycles. The summed E-state index contributed by atoms with van der Waals surface area (Å²) >= 11 is 0. The molecule has 0 aromatic carbocycles. The second-order valence-electron chi connectivity index (χ2n) is 3.45. The highest BCUT2D eigenvalue weighted by molar-refractivity contribution is 7.87. The molecular weight excluding hydrogens is 230 g/mol. The predicted molar refractivity (Wildman–Crippen MR) is 49.8 cm³/mol. The highest BCUT2D eigenvalue weighted by Crippen LogP contribution is 2.14. The summed E-state index contributed by atoms with van der Waals surface area (Å²) in [5.41, 5.74) is 0. The van der Waals surface area contributed by atoms with Gasteiger partial charge in [0.25, 0.3) is 16.1 Å². The van der Waals surface area contributed by atoms with Crippen molar-refractivity contribution in [1.29, 1.82) is 0 Å². The van der Waals surface area contributed by atoms with Crippen molar-refractivity contribution in [2.24, 2.45) is 0 Å². The van der Waals surface area contributed by atoms with E-state index in [1.807, 2.05) is 0 Å². The second kappa shape index (κ2) is 4.69. The van der Waals surface area contributed by atoms with Gasteiger partial charge in [0.05, 0.1) is 6.54 Å². The Bertz CT molecular complexity index is 301. The molecule has 1 aliphatic rings. The van der Waals surface area contributed by atoms with Crippen molar-refractivity contribution in [3.8, 4) is 0 Å². The molecule has 1 aliphatic heterocycles. The zero-order valence-electron chi connectivity index (χ0n) is 8.12. The van der Waals surface area contributed by atoms with E-state index in [2.05, 4.69) is 0 Å². The first-order valence-electron chi connectivity index (χ1n) is 4.61. The summed E-state index contributed by atoms with van der Waals surface area (Å²) in [6, 6.07) is 0. The minimum Gasteiger partial charge on any atom is -0.390 e. The molecule has 0 unspecified atom stereocenters. The average molecular weight is 244 g/mol. The van der Waals surface area contributed by atoms with E-state index in [4.69, 9.17) is 5.11 Å². The molecule has 8 heteroatoms. The molecule has 1 saturated heterocycles. The Balaban J connectivity index is 2.50. The van der Waals surface area contributed by atoms with E-state index < -0.39 is 29.3 Å². The molecule has 2 N–H and O–H groups in total. The van der Waals surface area contributed by atoms with Gasteiger partial charge in [0, 0.05) is 13.1 Å². The van der Waals surface area contributed by atoms with Crippen molar-refractivity contribution in [3.63, 3.8) is 0 Å². The van der Waals surface area contributed by atoms with Gasteiger partial charge in [-0.1, -0.05) is 0 Å². The minimum absolute atomic E-state index is 0.361. The van der Waals surface area contributed by atoms with Crippen LogP contribution >= 0.6 is 0 Å². The fraction of sp³-hybridized carbons (Fsp3) is 1.00. The first-order chi connectivity index (χ1) is 6.87. The van der Waals surface area contributed by atoms with Crippen molar-refractivity contribution in [2.75, 3.05) is 26.2 Å². The van der Waals surface area contributed by atoms with Crippen LogP contribution in [-0.4, -0.2) is 50.0 Å². The summed E-state index contributed by atoms with van der Waals surface area (Å²) < 4.78 is 50.8. The third-order valence-electron chi connectivity index (χ3n) is 2.15. The number of hydrogen-bond acceptors (Lipinski definition) is 3. The number of nitrogens with one attached hydrogen (secondary N) is 1. The number of nitrogens with zero attached hydrogens (tertiary/aromatic N) is 1. The number of alkyl halides is 2. The minimum atomic E-state index is -3.81. The van der Waals surface area contributed by atoms with Gasteiger partial charge in [-0.2, -0.15) is 17.4 Å². The predicted octanol–water partition coefficient (Wildman–Crippen LogP) is -0.456. The van der Waals surface area contributed by atoms with Crippen LogP contribution in [0.15, 0.2) is 0 Å². The molecule has 90 valence electrons. The lowest BCUT2D eigenvalue weighted by Crippen LogP contribution is -2.45. The monoisotopic (exact) mass is 244 g/mol. The highest BCUT2D eigenvalue weighted by atomic mass is 32.2. The maximum absolute atomic E-state index is 12.6. The van der Waals surface area contributed by atoms with Gasteiger partial charge in [0.2, 0.25) is 0 Å². The van der Waals surface area contributed by atoms with Crippen molar-refractivity contribution < 1.29 is 22.3 Å². The smallest absolute Gasteiger partial charge is 0.283 e. The Labute approximate surface area is 87.3 Å². The topological polar surface area (TPSA) is 69.6 Å². The first kappa shape index (κ1) is 12.8. The van der Waals surface area contributed by atoms with E-state index >= 15 is 0 Å². The quantitative estimate of drug-likeness (QED) is 0.688. The van der Waals surface area contributed by atoms with E-state index in [9.17, 15) is 17.2 Å². The van der Waals surface area contributed by atoms with Gasteiger partial charge < -0.3 is 5.11 Å². The summed E-state index contributed by atoms with van der Waals surface area (Å²) in [4.78, 5) is 0. The molecule has 15 heavy (non-hydrogen) atoms. The number of rotatable bonds is 5. The van der Waals surface area contributed by atoms with E-state index in [-0.39, 0.29) is 0 Å². The molecule has 1 rings (SSSR count). The van der Waals surface area contributed by atoms with Crippen LogP contribution in [0.5, 0.6) is 0 Å². The molecule has 0 aromatic heterocycles. The Kier molecular flexibility index (Phi) is 3.99. The van der Waals surface area contributed by atoms with Crippen LogP contribution in [0.2, 0.25) is 0 Å². The van der Waals surface area contributed by atoms with Crippen molar-refractivity contribution in [3.05, 3.63) is 0 Å². The third-order valence-corrected chi connectivity index (χ3v) is 3.70.